The third-order valence-electron chi connectivity index (χ3n) is 4.33. The standard InChI is InChI=1S/C20H18N4O2S/c1-11-9-12(2)18-16(10-11)27-20(24-18)23-17(25)8-7-15-19(26)22-14-6-4-3-5-13(14)21-15/h3-6,9-10H,7-8H2,1-2H3,(H,22,26)(H,23,24,25). The molecular formula is C20H18N4O2S. The molecule has 7 heteroatoms. The van der Waals surface area contributed by atoms with Crippen molar-refractivity contribution in [2.24, 2.45) is 0 Å². The highest BCUT2D eigenvalue weighted by Gasteiger charge is 2.12. The van der Waals surface area contributed by atoms with Gasteiger partial charge in [0.25, 0.3) is 5.56 Å². The second-order valence-electron chi connectivity index (χ2n) is 6.53. The molecule has 0 atom stereocenters. The lowest BCUT2D eigenvalue weighted by Crippen LogP contribution is -2.18. The van der Waals surface area contributed by atoms with E-state index in [0.717, 1.165) is 15.8 Å². The summed E-state index contributed by atoms with van der Waals surface area (Å²) in [6, 6.07) is 11.5. The van der Waals surface area contributed by atoms with Crippen molar-refractivity contribution in [2.75, 3.05) is 5.32 Å². The van der Waals surface area contributed by atoms with E-state index in [1.54, 1.807) is 6.07 Å². The van der Waals surface area contributed by atoms with Crippen LogP contribution in [-0.2, 0) is 11.2 Å². The second-order valence-corrected chi connectivity index (χ2v) is 7.56. The predicted octanol–water partition coefficient (Wildman–Crippen LogP) is 3.72. The minimum atomic E-state index is -0.257. The number of carbonyl (C=O) groups excluding carboxylic acids is 1. The first kappa shape index (κ1) is 17.4. The summed E-state index contributed by atoms with van der Waals surface area (Å²) < 4.78 is 1.05. The number of anilines is 1. The molecule has 0 saturated heterocycles. The molecule has 0 spiro atoms. The van der Waals surface area contributed by atoms with Crippen LogP contribution in [0.15, 0.2) is 41.2 Å². The lowest BCUT2D eigenvalue weighted by molar-refractivity contribution is -0.116. The fourth-order valence-corrected chi connectivity index (χ4v) is 4.13. The molecule has 6 nitrogen and oxygen atoms in total. The van der Waals surface area contributed by atoms with Crippen LogP contribution in [0.25, 0.3) is 21.3 Å². The van der Waals surface area contributed by atoms with Gasteiger partial charge in [0.15, 0.2) is 5.13 Å². The normalized spacial score (nSPS) is 11.2. The first-order chi connectivity index (χ1) is 13.0. The smallest absolute Gasteiger partial charge is 0.270 e. The number of hydrogen-bond donors (Lipinski definition) is 2. The molecule has 0 saturated carbocycles. The predicted molar refractivity (Wildman–Crippen MR) is 108 cm³/mol. The van der Waals surface area contributed by atoms with Crippen LogP contribution in [0.4, 0.5) is 5.13 Å². The molecule has 0 aliphatic rings. The lowest BCUT2D eigenvalue weighted by atomic mass is 10.1. The van der Waals surface area contributed by atoms with E-state index in [1.165, 1.54) is 16.9 Å². The fraction of sp³-hybridized carbons (Fsp3) is 0.200. The van der Waals surface area contributed by atoms with Crippen LogP contribution in [0.1, 0.15) is 23.2 Å². The van der Waals surface area contributed by atoms with Gasteiger partial charge in [-0.25, -0.2) is 9.97 Å². The van der Waals surface area contributed by atoms with Crippen LogP contribution >= 0.6 is 11.3 Å². The van der Waals surface area contributed by atoms with E-state index in [9.17, 15) is 9.59 Å². The Kier molecular flexibility index (Phi) is 4.45. The highest BCUT2D eigenvalue weighted by atomic mass is 32.1. The van der Waals surface area contributed by atoms with Gasteiger partial charge in [-0.05, 0) is 43.2 Å². The summed E-state index contributed by atoms with van der Waals surface area (Å²) in [4.78, 5) is 36.1. The van der Waals surface area contributed by atoms with Crippen molar-refractivity contribution < 1.29 is 4.79 Å². The molecule has 27 heavy (non-hydrogen) atoms. The number of aromatic nitrogens is 3. The number of carbonyl (C=O) groups is 1. The summed E-state index contributed by atoms with van der Waals surface area (Å²) in [5.41, 5.74) is 4.68. The molecule has 136 valence electrons. The van der Waals surface area contributed by atoms with Gasteiger partial charge >= 0.3 is 0 Å². The van der Waals surface area contributed by atoms with Crippen LogP contribution < -0.4 is 10.9 Å². The van der Waals surface area contributed by atoms with Gasteiger partial charge in [0, 0.05) is 12.8 Å². The molecule has 0 radical (unpaired) electrons. The number of benzene rings is 2. The topological polar surface area (TPSA) is 87.7 Å². The molecule has 0 aliphatic carbocycles. The molecule has 2 aromatic carbocycles. The second kappa shape index (κ2) is 6.92. The van der Waals surface area contributed by atoms with Crippen molar-refractivity contribution in [2.45, 2.75) is 26.7 Å². The zero-order valence-corrected chi connectivity index (χ0v) is 15.8. The van der Waals surface area contributed by atoms with E-state index in [1.807, 2.05) is 32.0 Å². The van der Waals surface area contributed by atoms with E-state index < -0.39 is 0 Å². The Labute approximate surface area is 159 Å². The highest BCUT2D eigenvalue weighted by molar-refractivity contribution is 7.22. The third kappa shape index (κ3) is 3.59. The molecule has 4 rings (SSSR count). The number of thiazole rings is 1. The highest BCUT2D eigenvalue weighted by Crippen LogP contribution is 2.29. The van der Waals surface area contributed by atoms with Gasteiger partial charge < -0.3 is 10.3 Å². The number of nitrogens with zero attached hydrogens (tertiary/aromatic N) is 2. The molecule has 0 unspecified atom stereocenters. The SMILES string of the molecule is Cc1cc(C)c2nc(NC(=O)CCc3nc4ccccc4[nH]c3=O)sc2c1. The number of H-pyrrole nitrogens is 1. The van der Waals surface area contributed by atoms with Crippen LogP contribution in [-0.4, -0.2) is 20.9 Å². The number of hydrogen-bond acceptors (Lipinski definition) is 5. The van der Waals surface area contributed by atoms with Crippen molar-refractivity contribution in [1.82, 2.24) is 15.0 Å². The summed E-state index contributed by atoms with van der Waals surface area (Å²) in [6.45, 7) is 4.05. The Balaban J connectivity index is 1.48. The maximum absolute atomic E-state index is 12.3. The van der Waals surface area contributed by atoms with Crippen LogP contribution in [0.5, 0.6) is 0 Å². The number of fused-ring (bicyclic) bond motifs is 2. The van der Waals surface area contributed by atoms with Gasteiger partial charge in [-0.1, -0.05) is 29.5 Å². The average Bonchev–Trinajstić information content (AvgIpc) is 3.02. The minimum absolute atomic E-state index is 0.169. The van der Waals surface area contributed by atoms with E-state index in [-0.39, 0.29) is 24.3 Å². The molecule has 1 amide bonds. The summed E-state index contributed by atoms with van der Waals surface area (Å²) in [6.07, 6.45) is 0.442. The number of rotatable bonds is 4. The monoisotopic (exact) mass is 378 g/mol. The Morgan fingerprint density at radius 2 is 2.00 bits per heavy atom. The van der Waals surface area contributed by atoms with Crippen molar-refractivity contribution in [3.63, 3.8) is 0 Å². The van der Waals surface area contributed by atoms with Crippen molar-refractivity contribution >= 4 is 43.6 Å². The van der Waals surface area contributed by atoms with Crippen LogP contribution in [0.3, 0.4) is 0 Å². The Bertz CT molecular complexity index is 1230. The number of para-hydroxylation sites is 2. The molecule has 2 N–H and O–H groups in total. The number of aryl methyl sites for hydroxylation is 3. The maximum Gasteiger partial charge on any atom is 0.270 e. The Morgan fingerprint density at radius 1 is 1.19 bits per heavy atom. The molecule has 0 fully saturated rings. The summed E-state index contributed by atoms with van der Waals surface area (Å²) in [5.74, 6) is -0.183. The van der Waals surface area contributed by atoms with Gasteiger partial charge in [-0.15, -0.1) is 0 Å². The molecule has 2 aromatic heterocycles. The summed E-state index contributed by atoms with van der Waals surface area (Å²) in [5, 5.41) is 3.41. The Hall–Kier alpha value is -3.06. The lowest BCUT2D eigenvalue weighted by Gasteiger charge is -2.03. The first-order valence-corrected chi connectivity index (χ1v) is 9.47. The zero-order chi connectivity index (χ0) is 19.0. The van der Waals surface area contributed by atoms with Crippen molar-refractivity contribution in [3.05, 3.63) is 63.6 Å². The average molecular weight is 378 g/mol. The van der Waals surface area contributed by atoms with Crippen LogP contribution in [0, 0.1) is 13.8 Å². The van der Waals surface area contributed by atoms with E-state index >= 15 is 0 Å². The van der Waals surface area contributed by atoms with Gasteiger partial charge in [0.1, 0.15) is 5.69 Å². The molecule has 2 heterocycles. The maximum atomic E-state index is 12.3. The summed E-state index contributed by atoms with van der Waals surface area (Å²) in [7, 11) is 0. The molecule has 0 aliphatic heterocycles. The van der Waals surface area contributed by atoms with Crippen LogP contribution in [0.2, 0.25) is 0 Å². The zero-order valence-electron chi connectivity index (χ0n) is 15.0. The largest absolute Gasteiger partial charge is 0.319 e. The number of nitrogens with one attached hydrogen (secondary N) is 2. The van der Waals surface area contributed by atoms with E-state index in [4.69, 9.17) is 0 Å². The number of amides is 1. The quantitative estimate of drug-likeness (QED) is 0.566. The van der Waals surface area contributed by atoms with Crippen molar-refractivity contribution in [1.29, 1.82) is 0 Å². The van der Waals surface area contributed by atoms with E-state index in [0.29, 0.717) is 21.9 Å². The Morgan fingerprint density at radius 3 is 2.85 bits per heavy atom. The molecule has 4 aromatic rings. The van der Waals surface area contributed by atoms with Gasteiger partial charge in [-0.3, -0.25) is 9.59 Å². The molecule has 0 bridgehead atoms. The number of aromatic amines is 1. The third-order valence-corrected chi connectivity index (χ3v) is 5.25. The van der Waals surface area contributed by atoms with E-state index in [2.05, 4.69) is 32.4 Å². The van der Waals surface area contributed by atoms with Crippen molar-refractivity contribution in [3.8, 4) is 0 Å². The van der Waals surface area contributed by atoms with Gasteiger partial charge in [0.2, 0.25) is 5.91 Å². The summed E-state index contributed by atoms with van der Waals surface area (Å²) >= 11 is 1.45. The van der Waals surface area contributed by atoms with Gasteiger partial charge in [-0.2, -0.15) is 0 Å². The molecular weight excluding hydrogens is 360 g/mol. The first-order valence-electron chi connectivity index (χ1n) is 8.65. The fourth-order valence-electron chi connectivity index (χ4n) is 3.07. The van der Waals surface area contributed by atoms with Gasteiger partial charge in [0.05, 0.1) is 21.3 Å². The minimum Gasteiger partial charge on any atom is -0.319 e.